The minimum absolute atomic E-state index is 0.0296. The van der Waals surface area contributed by atoms with Crippen molar-refractivity contribution in [2.75, 3.05) is 13.1 Å². The molecule has 2 aromatic rings. The molecule has 4 aliphatic rings. The Bertz CT molecular complexity index is 1720. The number of phosphoric ester groups is 1. The van der Waals surface area contributed by atoms with Gasteiger partial charge in [-0.05, 0) is 55.4 Å². The molecule has 1 aromatic heterocycles. The zero-order valence-electron chi connectivity index (χ0n) is 22.5. The van der Waals surface area contributed by atoms with Crippen LogP contribution in [0.4, 0.5) is 4.39 Å². The molecule has 222 valence electrons. The quantitative estimate of drug-likeness (QED) is 0.316. The summed E-state index contributed by atoms with van der Waals surface area (Å²) in [5, 5.41) is 11.1. The predicted molar refractivity (Wildman–Crippen MR) is 148 cm³/mol. The van der Waals surface area contributed by atoms with Gasteiger partial charge in [-0.3, -0.25) is 23.5 Å². The largest absolute Gasteiger partial charge is 0.502 e. The summed E-state index contributed by atoms with van der Waals surface area (Å²) in [5.74, 6) is -2.97. The molecule has 6 rings (SSSR count). The molecule has 3 N–H and O–H groups in total. The third-order valence-electron chi connectivity index (χ3n) is 8.90. The Balaban J connectivity index is 1.45. The Kier molecular flexibility index (Phi) is 6.60. The Morgan fingerprint density at radius 3 is 2.60 bits per heavy atom. The number of rotatable bonds is 7. The van der Waals surface area contributed by atoms with Gasteiger partial charge in [-0.15, -0.1) is 0 Å². The molecular weight excluding hydrogens is 592 g/mol. The van der Waals surface area contributed by atoms with Crippen molar-refractivity contribution in [1.82, 2.24) is 14.4 Å². The molecule has 0 bridgehead atoms. The number of benzene rings is 1. The fraction of sp³-hybridized carbons (Fsp3) is 0.393. The average Bonchev–Trinajstić information content (AvgIpc) is 3.28. The van der Waals surface area contributed by atoms with E-state index in [4.69, 9.17) is 16.1 Å². The number of carbonyl (C=O) groups is 2. The molecule has 1 aromatic carbocycles. The first kappa shape index (κ1) is 28.8. The van der Waals surface area contributed by atoms with E-state index in [-0.39, 0.29) is 65.3 Å². The molecule has 2 aliphatic carbocycles. The molecule has 3 heterocycles. The molecule has 11 nitrogen and oxygen atoms in total. The summed E-state index contributed by atoms with van der Waals surface area (Å²) < 4.78 is 31.6. The molecule has 0 saturated heterocycles. The molecule has 0 unspecified atom stereocenters. The summed E-state index contributed by atoms with van der Waals surface area (Å²) in [6.45, 7) is 9.23. The number of aromatic nitrogens is 1. The van der Waals surface area contributed by atoms with Crippen LogP contribution in [0, 0.1) is 17.7 Å². The van der Waals surface area contributed by atoms with Crippen LogP contribution in [0.1, 0.15) is 51.7 Å². The predicted octanol–water partition coefficient (Wildman–Crippen LogP) is 3.30. The fourth-order valence-corrected chi connectivity index (χ4v) is 7.78. The highest BCUT2D eigenvalue weighted by atomic mass is 35.5. The number of aromatic hydroxyl groups is 1. The first-order valence-corrected chi connectivity index (χ1v) is 15.2. The van der Waals surface area contributed by atoms with Gasteiger partial charge in [0, 0.05) is 24.6 Å². The lowest BCUT2D eigenvalue weighted by molar-refractivity contribution is 0.01000. The molecule has 14 heteroatoms. The lowest BCUT2D eigenvalue weighted by Crippen LogP contribution is -2.53. The second-order valence-electron chi connectivity index (χ2n) is 11.3. The van der Waals surface area contributed by atoms with Gasteiger partial charge in [0.1, 0.15) is 23.3 Å². The Hall–Kier alpha value is -3.28. The fourth-order valence-electron chi connectivity index (χ4n) is 6.99. The number of hydrogen-bond acceptors (Lipinski definition) is 6. The van der Waals surface area contributed by atoms with Crippen LogP contribution >= 0.6 is 19.4 Å². The number of nitrogens with zero attached hydrogens (tertiary/aromatic N) is 3. The van der Waals surface area contributed by atoms with E-state index in [1.165, 1.54) is 39.5 Å². The standard InChI is InChI=1S/C28H28ClFN3O8P/c1-13(2)20(41-42(38,39)40)12-32-26(36)23-17-7-9-31(11-15-4-5-19(30)18(29)10-15)25(35)21(17)24(34)27(37)33(23)28(32)8-6-16-14(3)22(16)28/h4-5,10,16,20,22,34H,1,3,6-9,11-12H2,2H3,(H2,38,39,40)/t16-,20-,22+,28+/m0/s1. The number of hydrogen-bond donors (Lipinski definition) is 3. The maximum atomic E-state index is 14.2. The van der Waals surface area contributed by atoms with Crippen LogP contribution in [0.3, 0.4) is 0 Å². The van der Waals surface area contributed by atoms with Gasteiger partial charge >= 0.3 is 7.82 Å². The van der Waals surface area contributed by atoms with E-state index in [1.54, 1.807) is 0 Å². The van der Waals surface area contributed by atoms with Gasteiger partial charge in [-0.2, -0.15) is 0 Å². The Morgan fingerprint density at radius 2 is 2.00 bits per heavy atom. The normalized spacial score (nSPS) is 25.1. The lowest BCUT2D eigenvalue weighted by Gasteiger charge is -2.39. The number of pyridine rings is 1. The summed E-state index contributed by atoms with van der Waals surface area (Å²) in [5.41, 5.74) is -0.668. The minimum atomic E-state index is -4.98. The molecule has 0 radical (unpaired) electrons. The summed E-state index contributed by atoms with van der Waals surface area (Å²) in [6.07, 6.45) is -0.178. The van der Waals surface area contributed by atoms with E-state index >= 15 is 0 Å². The number of halogens is 2. The number of phosphoric acid groups is 1. The molecule has 2 saturated carbocycles. The number of amides is 2. The van der Waals surface area contributed by atoms with Crippen molar-refractivity contribution in [3.05, 3.63) is 86.1 Å². The van der Waals surface area contributed by atoms with Crippen LogP contribution in [0.5, 0.6) is 5.75 Å². The van der Waals surface area contributed by atoms with E-state index in [0.29, 0.717) is 18.4 Å². The molecule has 2 amide bonds. The Labute approximate surface area is 244 Å². The van der Waals surface area contributed by atoms with Gasteiger partial charge in [-0.25, -0.2) is 8.96 Å². The smallest absolute Gasteiger partial charge is 0.470 e. The van der Waals surface area contributed by atoms with Crippen molar-refractivity contribution in [1.29, 1.82) is 0 Å². The molecular formula is C28H28ClFN3O8P. The average molecular weight is 620 g/mol. The van der Waals surface area contributed by atoms with E-state index in [1.807, 2.05) is 0 Å². The molecule has 42 heavy (non-hydrogen) atoms. The Morgan fingerprint density at radius 1 is 1.29 bits per heavy atom. The first-order valence-electron chi connectivity index (χ1n) is 13.3. The van der Waals surface area contributed by atoms with Crippen molar-refractivity contribution in [3.63, 3.8) is 0 Å². The van der Waals surface area contributed by atoms with Crippen molar-refractivity contribution in [2.45, 2.75) is 44.5 Å². The van der Waals surface area contributed by atoms with E-state index in [2.05, 4.69) is 13.2 Å². The third kappa shape index (κ3) is 4.19. The maximum absolute atomic E-state index is 14.2. The number of fused-ring (bicyclic) bond motifs is 6. The first-order chi connectivity index (χ1) is 19.7. The minimum Gasteiger partial charge on any atom is -0.502 e. The van der Waals surface area contributed by atoms with Crippen molar-refractivity contribution < 1.29 is 38.0 Å². The number of carbonyl (C=O) groups excluding carboxylic acids is 2. The van der Waals surface area contributed by atoms with Crippen LogP contribution in [-0.4, -0.2) is 60.3 Å². The monoisotopic (exact) mass is 619 g/mol. The summed E-state index contributed by atoms with van der Waals surface area (Å²) >= 11 is 5.90. The summed E-state index contributed by atoms with van der Waals surface area (Å²) in [7, 11) is -4.98. The van der Waals surface area contributed by atoms with E-state index < -0.39 is 48.5 Å². The van der Waals surface area contributed by atoms with Gasteiger partial charge in [-0.1, -0.05) is 36.4 Å². The molecule has 2 fully saturated rings. The van der Waals surface area contributed by atoms with Gasteiger partial charge in [0.25, 0.3) is 17.4 Å². The maximum Gasteiger partial charge on any atom is 0.470 e. The molecule has 4 atom stereocenters. The highest BCUT2D eigenvalue weighted by Crippen LogP contribution is 2.67. The van der Waals surface area contributed by atoms with Crippen LogP contribution in [0.15, 0.2) is 47.3 Å². The van der Waals surface area contributed by atoms with Crippen LogP contribution < -0.4 is 5.56 Å². The highest BCUT2D eigenvalue weighted by Gasteiger charge is 2.69. The van der Waals surface area contributed by atoms with E-state index in [0.717, 1.165) is 5.57 Å². The molecule has 1 spiro atoms. The van der Waals surface area contributed by atoms with Gasteiger partial charge < -0.3 is 24.7 Å². The topological polar surface area (TPSA) is 150 Å². The zero-order chi connectivity index (χ0) is 30.5. The highest BCUT2D eigenvalue weighted by molar-refractivity contribution is 7.46. The molecule has 2 aliphatic heterocycles. The van der Waals surface area contributed by atoms with Crippen LogP contribution in [0.2, 0.25) is 5.02 Å². The van der Waals surface area contributed by atoms with Gasteiger partial charge in [0.05, 0.1) is 17.1 Å². The summed E-state index contributed by atoms with van der Waals surface area (Å²) in [4.78, 5) is 63.6. The van der Waals surface area contributed by atoms with Gasteiger partial charge in [0.2, 0.25) is 0 Å². The zero-order valence-corrected chi connectivity index (χ0v) is 24.2. The van der Waals surface area contributed by atoms with Gasteiger partial charge in [0.15, 0.2) is 5.75 Å². The van der Waals surface area contributed by atoms with Crippen molar-refractivity contribution in [2.24, 2.45) is 11.8 Å². The van der Waals surface area contributed by atoms with Crippen molar-refractivity contribution in [3.8, 4) is 5.75 Å². The lowest BCUT2D eigenvalue weighted by atomic mass is 9.95. The second-order valence-corrected chi connectivity index (χ2v) is 12.9. The van der Waals surface area contributed by atoms with Crippen LogP contribution in [0.25, 0.3) is 0 Å². The van der Waals surface area contributed by atoms with E-state index in [9.17, 15) is 38.2 Å². The SMILES string of the molecule is C=C(C)[C@H](CN1C(=O)c2c3c(c(O)c(=O)n2[C@@]12CC[C@H]1C(=C)[C@H]12)C(=O)N(Cc1ccc(F)c(Cl)c1)CC3)OP(=O)(O)O. The summed E-state index contributed by atoms with van der Waals surface area (Å²) in [6, 6.07) is 4.04. The third-order valence-corrected chi connectivity index (χ3v) is 9.72. The second kappa shape index (κ2) is 9.62. The van der Waals surface area contributed by atoms with Crippen molar-refractivity contribution >= 4 is 31.2 Å². The van der Waals surface area contributed by atoms with Crippen LogP contribution in [-0.2, 0) is 27.7 Å².